The molecule has 0 radical (unpaired) electrons. The number of thiazole rings is 1. The lowest BCUT2D eigenvalue weighted by Crippen LogP contribution is -2.16. The molecule has 0 aliphatic heterocycles. The summed E-state index contributed by atoms with van der Waals surface area (Å²) >= 11 is 9.44. The molecular weight excluding hydrogens is 332 g/mol. The van der Waals surface area contributed by atoms with Gasteiger partial charge in [0.25, 0.3) is 0 Å². The molecule has 0 saturated heterocycles. The van der Waals surface area contributed by atoms with Gasteiger partial charge in [0.1, 0.15) is 5.01 Å². The fraction of sp³-hybridized carbons (Fsp3) is 0.235. The zero-order valence-corrected chi connectivity index (χ0v) is 14.7. The second-order valence-electron chi connectivity index (χ2n) is 5.10. The van der Waals surface area contributed by atoms with Crippen molar-refractivity contribution in [3.05, 3.63) is 63.1 Å². The Kier molecular flexibility index (Phi) is 5.26. The van der Waals surface area contributed by atoms with E-state index in [0.29, 0.717) is 0 Å². The summed E-state index contributed by atoms with van der Waals surface area (Å²) in [5, 5.41) is 7.52. The lowest BCUT2D eigenvalue weighted by Gasteiger charge is -2.03. The number of hydrogen-bond acceptors (Lipinski definition) is 4. The molecule has 0 saturated carbocycles. The summed E-state index contributed by atoms with van der Waals surface area (Å²) in [6.07, 6.45) is 2.99. The van der Waals surface area contributed by atoms with Crippen LogP contribution in [-0.4, -0.2) is 11.5 Å². The van der Waals surface area contributed by atoms with Crippen molar-refractivity contribution in [1.82, 2.24) is 10.3 Å². The number of hydrogen-bond donors (Lipinski definition) is 1. The monoisotopic (exact) mass is 348 g/mol. The van der Waals surface area contributed by atoms with E-state index in [-0.39, 0.29) is 0 Å². The molecule has 22 heavy (non-hydrogen) atoms. The molecule has 0 amide bonds. The molecule has 0 aliphatic rings. The van der Waals surface area contributed by atoms with Crippen molar-refractivity contribution in [1.29, 1.82) is 0 Å². The van der Waals surface area contributed by atoms with Crippen LogP contribution in [0.1, 0.15) is 16.1 Å². The summed E-state index contributed by atoms with van der Waals surface area (Å²) in [4.78, 5) is 7.12. The van der Waals surface area contributed by atoms with Gasteiger partial charge in [-0.1, -0.05) is 23.7 Å². The zero-order chi connectivity index (χ0) is 15.4. The minimum Gasteiger partial charge on any atom is -0.310 e. The molecule has 3 rings (SSSR count). The average Bonchev–Trinajstić information content (AvgIpc) is 3.14. The molecule has 1 N–H and O–H groups in total. The molecule has 2 aromatic heterocycles. The minimum absolute atomic E-state index is 0.788. The van der Waals surface area contributed by atoms with Crippen LogP contribution in [0.3, 0.4) is 0 Å². The van der Waals surface area contributed by atoms with Crippen molar-refractivity contribution in [3.63, 3.8) is 0 Å². The van der Waals surface area contributed by atoms with Crippen LogP contribution in [0.4, 0.5) is 0 Å². The number of nitrogens with zero attached hydrogens (tertiary/aromatic N) is 1. The lowest BCUT2D eigenvalue weighted by atomic mass is 10.1. The molecular formula is C17H17ClN2S2. The predicted octanol–water partition coefficient (Wildman–Crippen LogP) is 5.17. The summed E-state index contributed by atoms with van der Waals surface area (Å²) in [6.45, 7) is 3.91. The van der Waals surface area contributed by atoms with Crippen LogP contribution in [-0.2, 0) is 13.0 Å². The van der Waals surface area contributed by atoms with E-state index in [9.17, 15) is 0 Å². The van der Waals surface area contributed by atoms with Gasteiger partial charge in [-0.2, -0.15) is 0 Å². The molecule has 2 nitrogen and oxygen atoms in total. The van der Waals surface area contributed by atoms with Crippen LogP contribution in [0.25, 0.3) is 9.75 Å². The number of benzene rings is 1. The summed E-state index contributed by atoms with van der Waals surface area (Å²) in [7, 11) is 0. The number of thiophene rings is 1. The Hall–Kier alpha value is -1.20. The van der Waals surface area contributed by atoms with E-state index in [1.54, 1.807) is 22.7 Å². The molecule has 3 aromatic rings. The summed E-state index contributed by atoms with van der Waals surface area (Å²) in [5.41, 5.74) is 2.63. The molecule has 114 valence electrons. The highest BCUT2D eigenvalue weighted by molar-refractivity contribution is 7.21. The van der Waals surface area contributed by atoms with Crippen molar-refractivity contribution >= 4 is 34.3 Å². The van der Waals surface area contributed by atoms with Crippen molar-refractivity contribution in [2.45, 2.75) is 19.9 Å². The third-order valence-electron chi connectivity index (χ3n) is 3.42. The third kappa shape index (κ3) is 3.96. The molecule has 0 fully saturated rings. The van der Waals surface area contributed by atoms with E-state index in [1.807, 2.05) is 18.3 Å². The lowest BCUT2D eigenvalue weighted by molar-refractivity contribution is 0.684. The highest BCUT2D eigenvalue weighted by Gasteiger charge is 2.08. The first kappa shape index (κ1) is 15.7. The van der Waals surface area contributed by atoms with Gasteiger partial charge in [-0.25, -0.2) is 4.98 Å². The predicted molar refractivity (Wildman–Crippen MR) is 97.0 cm³/mol. The Morgan fingerprint density at radius 1 is 1.18 bits per heavy atom. The van der Waals surface area contributed by atoms with E-state index in [1.165, 1.54) is 20.9 Å². The number of aryl methyl sites for hydroxylation is 1. The summed E-state index contributed by atoms with van der Waals surface area (Å²) in [6, 6.07) is 10.2. The normalized spacial score (nSPS) is 11.0. The fourth-order valence-electron chi connectivity index (χ4n) is 2.20. The minimum atomic E-state index is 0.788. The number of aromatic nitrogens is 1. The highest BCUT2D eigenvalue weighted by Crippen LogP contribution is 2.33. The van der Waals surface area contributed by atoms with Crippen LogP contribution in [0, 0.1) is 6.92 Å². The first-order chi connectivity index (χ1) is 10.7. The molecule has 0 spiro atoms. The molecule has 0 bridgehead atoms. The maximum absolute atomic E-state index is 5.89. The van der Waals surface area contributed by atoms with Gasteiger partial charge in [0.05, 0.1) is 4.88 Å². The maximum Gasteiger partial charge on any atom is 0.107 e. The molecule has 0 aliphatic carbocycles. The second kappa shape index (κ2) is 7.38. The highest BCUT2D eigenvalue weighted by atomic mass is 35.5. The van der Waals surface area contributed by atoms with Gasteiger partial charge in [0.2, 0.25) is 0 Å². The standard InChI is InChI=1S/C17H17ClN2S2/c1-12-7-9-21-17(12)15-10-20-16(22-15)11-19-8-6-13-2-4-14(18)5-3-13/h2-5,7,9-10,19H,6,8,11H2,1H3. The van der Waals surface area contributed by atoms with Crippen LogP contribution in [0.15, 0.2) is 41.9 Å². The summed E-state index contributed by atoms with van der Waals surface area (Å²) in [5.74, 6) is 0. The van der Waals surface area contributed by atoms with Crippen LogP contribution >= 0.6 is 34.3 Å². The Morgan fingerprint density at radius 2 is 2.00 bits per heavy atom. The van der Waals surface area contributed by atoms with E-state index in [0.717, 1.165) is 29.5 Å². The Labute approximate surface area is 143 Å². The smallest absolute Gasteiger partial charge is 0.107 e. The molecule has 0 atom stereocenters. The molecule has 5 heteroatoms. The molecule has 0 unspecified atom stereocenters. The number of nitrogens with one attached hydrogen (secondary N) is 1. The van der Waals surface area contributed by atoms with Crippen LogP contribution in [0.2, 0.25) is 5.02 Å². The average molecular weight is 349 g/mol. The van der Waals surface area contributed by atoms with Crippen LogP contribution < -0.4 is 5.32 Å². The van der Waals surface area contributed by atoms with Gasteiger partial charge < -0.3 is 5.32 Å². The number of rotatable bonds is 6. The number of halogens is 1. The van der Waals surface area contributed by atoms with Gasteiger partial charge in [0.15, 0.2) is 0 Å². The van der Waals surface area contributed by atoms with Crippen LogP contribution in [0.5, 0.6) is 0 Å². The Bertz CT molecular complexity index is 731. The van der Waals surface area contributed by atoms with Crippen molar-refractivity contribution < 1.29 is 0 Å². The van der Waals surface area contributed by atoms with Gasteiger partial charge in [0, 0.05) is 22.6 Å². The Balaban J connectivity index is 1.49. The SMILES string of the molecule is Cc1ccsc1-c1cnc(CNCCc2ccc(Cl)cc2)s1. The maximum atomic E-state index is 5.89. The quantitative estimate of drug-likeness (QED) is 0.622. The first-order valence-corrected chi connectivity index (χ1v) is 9.24. The van der Waals surface area contributed by atoms with Gasteiger partial charge in [-0.15, -0.1) is 22.7 Å². The van der Waals surface area contributed by atoms with Crippen molar-refractivity contribution in [3.8, 4) is 9.75 Å². The summed E-state index contributed by atoms with van der Waals surface area (Å²) < 4.78 is 0. The first-order valence-electron chi connectivity index (χ1n) is 7.17. The van der Waals surface area contributed by atoms with Crippen molar-refractivity contribution in [2.24, 2.45) is 0 Å². The van der Waals surface area contributed by atoms with Gasteiger partial charge >= 0.3 is 0 Å². The van der Waals surface area contributed by atoms with Gasteiger partial charge in [-0.3, -0.25) is 0 Å². The van der Waals surface area contributed by atoms with E-state index >= 15 is 0 Å². The topological polar surface area (TPSA) is 24.9 Å². The largest absolute Gasteiger partial charge is 0.310 e. The zero-order valence-electron chi connectivity index (χ0n) is 12.3. The van der Waals surface area contributed by atoms with E-state index < -0.39 is 0 Å². The second-order valence-corrected chi connectivity index (χ2v) is 7.57. The fourth-order valence-corrected chi connectivity index (χ4v) is 4.32. The molecule has 2 heterocycles. The van der Waals surface area contributed by atoms with E-state index in [4.69, 9.17) is 11.6 Å². The van der Waals surface area contributed by atoms with Crippen molar-refractivity contribution in [2.75, 3.05) is 6.54 Å². The molecule has 1 aromatic carbocycles. The third-order valence-corrected chi connectivity index (χ3v) is 5.87. The van der Waals surface area contributed by atoms with E-state index in [2.05, 4.69) is 40.8 Å². The van der Waals surface area contributed by atoms with Gasteiger partial charge in [-0.05, 0) is 54.6 Å². The Morgan fingerprint density at radius 3 is 2.73 bits per heavy atom.